The van der Waals surface area contributed by atoms with Gasteiger partial charge in [0.2, 0.25) is 11.7 Å². The van der Waals surface area contributed by atoms with Gasteiger partial charge in [0, 0.05) is 36.9 Å². The second kappa shape index (κ2) is 8.45. The molecule has 3 heterocycles. The Balaban J connectivity index is 1.21. The number of hydrogen-bond acceptors (Lipinski definition) is 5. The van der Waals surface area contributed by atoms with Crippen molar-refractivity contribution in [2.24, 2.45) is 11.8 Å². The maximum atomic E-state index is 13.1. The Labute approximate surface area is 185 Å². The van der Waals surface area contributed by atoms with Crippen molar-refractivity contribution in [3.63, 3.8) is 0 Å². The molecule has 5 nitrogen and oxygen atoms in total. The minimum Gasteiger partial charge on any atom is -0.343 e. The fourth-order valence-electron chi connectivity index (χ4n) is 5.16. The van der Waals surface area contributed by atoms with Crippen LogP contribution in [0.1, 0.15) is 46.5 Å². The average Bonchev–Trinajstić information content (AvgIpc) is 3.47. The first-order valence-corrected chi connectivity index (χ1v) is 11.9. The highest BCUT2D eigenvalue weighted by Gasteiger charge is 2.51. The number of fused-ring (bicyclic) bond motifs is 2. The number of piperidine rings is 1. The summed E-state index contributed by atoms with van der Waals surface area (Å²) in [5.41, 5.74) is 1.81. The van der Waals surface area contributed by atoms with E-state index in [2.05, 4.69) is 11.4 Å². The summed E-state index contributed by atoms with van der Waals surface area (Å²) >= 11 is 1.65. The predicted molar refractivity (Wildman–Crippen MR) is 114 cm³/mol. The van der Waals surface area contributed by atoms with Crippen molar-refractivity contribution in [1.29, 1.82) is 0 Å². The van der Waals surface area contributed by atoms with E-state index in [9.17, 15) is 14.0 Å². The highest BCUT2D eigenvalue weighted by molar-refractivity contribution is 7.10. The first-order chi connectivity index (χ1) is 15.1. The summed E-state index contributed by atoms with van der Waals surface area (Å²) in [5, 5.41) is 2.07. The molecule has 0 saturated carbocycles. The van der Waals surface area contributed by atoms with Crippen molar-refractivity contribution < 1.29 is 23.5 Å². The maximum Gasteiger partial charge on any atom is 0.223 e. The van der Waals surface area contributed by atoms with Crippen molar-refractivity contribution in [3.8, 4) is 0 Å². The SMILES string of the molecule is O=C(c1ccc(F)cc1)C1CCN(C(=O)CC2CCc3ccsc3C23OCCO3)CC1. The predicted octanol–water partition coefficient (Wildman–Crippen LogP) is 4.16. The van der Waals surface area contributed by atoms with Crippen molar-refractivity contribution in [2.45, 2.75) is 37.9 Å². The Bertz CT molecular complexity index is 958. The van der Waals surface area contributed by atoms with Gasteiger partial charge < -0.3 is 14.4 Å². The first kappa shape index (κ1) is 20.8. The standard InChI is InChI=1S/C24H26FNO4S/c25-20-5-2-16(3-6-20)22(28)17-7-10-26(11-8-17)21(27)15-19-4-1-18-9-14-31-23(18)24(19)29-12-13-30-24/h2-3,5-6,9,14,17,19H,1,4,7-8,10-13,15H2. The average molecular weight is 444 g/mol. The van der Waals surface area contributed by atoms with Crippen LogP contribution in [0.15, 0.2) is 35.7 Å². The van der Waals surface area contributed by atoms with Gasteiger partial charge in [-0.25, -0.2) is 4.39 Å². The molecule has 1 spiro atoms. The van der Waals surface area contributed by atoms with Gasteiger partial charge in [-0.3, -0.25) is 9.59 Å². The molecule has 0 N–H and O–H groups in total. The Morgan fingerprint density at radius 3 is 2.48 bits per heavy atom. The molecule has 2 saturated heterocycles. The second-order valence-corrected chi connectivity index (χ2v) is 9.52. The molecule has 2 aliphatic heterocycles. The number of aryl methyl sites for hydroxylation is 1. The van der Waals surface area contributed by atoms with E-state index in [1.807, 2.05) is 4.90 Å². The van der Waals surface area contributed by atoms with Gasteiger partial charge in [0.1, 0.15) is 5.82 Å². The lowest BCUT2D eigenvalue weighted by Gasteiger charge is -2.40. The van der Waals surface area contributed by atoms with Crippen LogP contribution in [0.3, 0.4) is 0 Å². The Hall–Kier alpha value is -2.09. The highest BCUT2D eigenvalue weighted by Crippen LogP contribution is 2.49. The summed E-state index contributed by atoms with van der Waals surface area (Å²) in [6, 6.07) is 7.85. The zero-order valence-corrected chi connectivity index (χ0v) is 18.2. The topological polar surface area (TPSA) is 55.8 Å². The van der Waals surface area contributed by atoms with Crippen LogP contribution in [0.25, 0.3) is 0 Å². The van der Waals surface area contributed by atoms with Gasteiger partial charge in [-0.2, -0.15) is 0 Å². The van der Waals surface area contributed by atoms with Crippen molar-refractivity contribution >= 4 is 23.0 Å². The number of carbonyl (C=O) groups is 2. The van der Waals surface area contributed by atoms with Crippen LogP contribution in [-0.2, 0) is 26.5 Å². The molecule has 5 rings (SSSR count). The van der Waals surface area contributed by atoms with Crippen LogP contribution in [0.5, 0.6) is 0 Å². The zero-order chi connectivity index (χ0) is 21.4. The van der Waals surface area contributed by atoms with Crippen molar-refractivity contribution in [3.05, 3.63) is 57.5 Å². The third-order valence-electron chi connectivity index (χ3n) is 6.85. The van der Waals surface area contributed by atoms with Crippen molar-refractivity contribution in [1.82, 2.24) is 4.90 Å². The molecule has 164 valence electrons. The van der Waals surface area contributed by atoms with E-state index < -0.39 is 5.79 Å². The maximum absolute atomic E-state index is 13.1. The third-order valence-corrected chi connectivity index (χ3v) is 7.90. The number of amides is 1. The number of ether oxygens (including phenoxy) is 2. The van der Waals surface area contributed by atoms with Gasteiger partial charge in [0.05, 0.1) is 18.1 Å². The summed E-state index contributed by atoms with van der Waals surface area (Å²) in [6.45, 7) is 2.25. The van der Waals surface area contributed by atoms with Gasteiger partial charge >= 0.3 is 0 Å². The molecule has 2 fully saturated rings. The van der Waals surface area contributed by atoms with E-state index in [-0.39, 0.29) is 29.3 Å². The van der Waals surface area contributed by atoms with Crippen LogP contribution in [-0.4, -0.2) is 42.9 Å². The number of nitrogens with zero attached hydrogens (tertiary/aromatic N) is 1. The smallest absolute Gasteiger partial charge is 0.223 e. The first-order valence-electron chi connectivity index (χ1n) is 11.0. The summed E-state index contributed by atoms with van der Waals surface area (Å²) in [6.07, 6.45) is 3.49. The van der Waals surface area contributed by atoms with Crippen LogP contribution in [0.2, 0.25) is 0 Å². The lowest BCUT2D eigenvalue weighted by molar-refractivity contribution is -0.211. The summed E-state index contributed by atoms with van der Waals surface area (Å²) in [5.74, 6) is -1.08. The molecule has 0 bridgehead atoms. The van der Waals surface area contributed by atoms with Gasteiger partial charge in [0.15, 0.2) is 5.78 Å². The Kier molecular flexibility index (Phi) is 5.67. The van der Waals surface area contributed by atoms with Gasteiger partial charge in [0.25, 0.3) is 0 Å². The van der Waals surface area contributed by atoms with E-state index in [0.717, 1.165) is 17.7 Å². The van der Waals surface area contributed by atoms with Crippen LogP contribution in [0, 0.1) is 17.7 Å². The van der Waals surface area contributed by atoms with Crippen LogP contribution < -0.4 is 0 Å². The van der Waals surface area contributed by atoms with Crippen LogP contribution in [0.4, 0.5) is 4.39 Å². The summed E-state index contributed by atoms with van der Waals surface area (Å²) in [7, 11) is 0. The number of likely N-dealkylation sites (tertiary alicyclic amines) is 1. The molecule has 1 aliphatic carbocycles. The fraction of sp³-hybridized carbons (Fsp3) is 0.500. The summed E-state index contributed by atoms with van der Waals surface area (Å²) in [4.78, 5) is 28.8. The number of ketones is 1. The number of thiophene rings is 1. The van der Waals surface area contributed by atoms with Gasteiger partial charge in [-0.05, 0) is 67.0 Å². The highest BCUT2D eigenvalue weighted by atomic mass is 32.1. The van der Waals surface area contributed by atoms with Crippen LogP contribution >= 0.6 is 11.3 Å². The minimum atomic E-state index is -0.770. The van der Waals surface area contributed by atoms with E-state index in [1.165, 1.54) is 29.8 Å². The largest absolute Gasteiger partial charge is 0.343 e. The number of rotatable bonds is 4. The number of hydrogen-bond donors (Lipinski definition) is 0. The molecule has 3 aliphatic rings. The quantitative estimate of drug-likeness (QED) is 0.666. The second-order valence-electron chi connectivity index (χ2n) is 8.61. The molecular formula is C24H26FNO4S. The Morgan fingerprint density at radius 1 is 1.06 bits per heavy atom. The van der Waals surface area contributed by atoms with Crippen molar-refractivity contribution in [2.75, 3.05) is 26.3 Å². The molecule has 31 heavy (non-hydrogen) atoms. The molecule has 1 unspecified atom stereocenters. The van der Waals surface area contributed by atoms with E-state index in [4.69, 9.17) is 9.47 Å². The van der Waals surface area contributed by atoms with E-state index in [0.29, 0.717) is 51.1 Å². The normalized spacial score (nSPS) is 23.1. The number of benzene rings is 1. The molecule has 7 heteroatoms. The molecule has 2 aromatic rings. The molecule has 1 aromatic heterocycles. The lowest BCUT2D eigenvalue weighted by atomic mass is 9.81. The number of carbonyl (C=O) groups excluding carboxylic acids is 2. The molecule has 0 radical (unpaired) electrons. The zero-order valence-electron chi connectivity index (χ0n) is 17.3. The molecule has 1 atom stereocenters. The Morgan fingerprint density at radius 2 is 1.77 bits per heavy atom. The lowest BCUT2D eigenvalue weighted by Crippen LogP contribution is -2.45. The summed E-state index contributed by atoms with van der Waals surface area (Å²) < 4.78 is 25.4. The number of Topliss-reactive ketones (excluding diaryl/α,β-unsaturated/α-hetero) is 1. The monoisotopic (exact) mass is 443 g/mol. The minimum absolute atomic E-state index is 0.00669. The van der Waals surface area contributed by atoms with Gasteiger partial charge in [-0.1, -0.05) is 0 Å². The van der Waals surface area contributed by atoms with E-state index >= 15 is 0 Å². The third kappa shape index (κ3) is 3.83. The van der Waals surface area contributed by atoms with E-state index in [1.54, 1.807) is 11.3 Å². The molecule has 1 amide bonds. The fourth-order valence-corrected chi connectivity index (χ4v) is 6.29. The van der Waals surface area contributed by atoms with Gasteiger partial charge in [-0.15, -0.1) is 11.3 Å². The molecular weight excluding hydrogens is 417 g/mol. The molecule has 1 aromatic carbocycles. The number of halogens is 1.